The molecule has 1 aromatic heterocycles. The monoisotopic (exact) mass is 352 g/mol. The van der Waals surface area contributed by atoms with Gasteiger partial charge in [0.25, 0.3) is 5.56 Å². The molecule has 134 valence electrons. The van der Waals surface area contributed by atoms with E-state index in [1.54, 1.807) is 55.5 Å². The van der Waals surface area contributed by atoms with E-state index in [2.05, 4.69) is 11.9 Å². The summed E-state index contributed by atoms with van der Waals surface area (Å²) in [6, 6.07) is 13.6. The highest BCUT2D eigenvalue weighted by Gasteiger charge is 2.14. The van der Waals surface area contributed by atoms with Gasteiger partial charge in [-0.15, -0.1) is 4.73 Å². The van der Waals surface area contributed by atoms with Crippen LogP contribution in [0.15, 0.2) is 53.3 Å². The van der Waals surface area contributed by atoms with Crippen LogP contribution in [0.1, 0.15) is 35.9 Å². The fourth-order valence-electron chi connectivity index (χ4n) is 2.49. The van der Waals surface area contributed by atoms with Crippen LogP contribution in [0.3, 0.4) is 0 Å². The van der Waals surface area contributed by atoms with Gasteiger partial charge in [0.1, 0.15) is 11.6 Å². The summed E-state index contributed by atoms with van der Waals surface area (Å²) in [5.74, 6) is 0.365. The van der Waals surface area contributed by atoms with Gasteiger partial charge in [-0.2, -0.15) is 0 Å². The molecule has 3 aromatic rings. The quantitative estimate of drug-likeness (QED) is 0.637. The Hall–Kier alpha value is -3.15. The predicted octanol–water partition coefficient (Wildman–Crippen LogP) is 3.15. The Morgan fingerprint density at radius 1 is 1.12 bits per heavy atom. The van der Waals surface area contributed by atoms with Gasteiger partial charge < -0.3 is 9.57 Å². The smallest absolute Gasteiger partial charge is 0.363 e. The Bertz CT molecular complexity index is 977. The predicted molar refractivity (Wildman–Crippen MR) is 98.5 cm³/mol. The van der Waals surface area contributed by atoms with Crippen LogP contribution in [0.2, 0.25) is 0 Å². The van der Waals surface area contributed by atoms with Gasteiger partial charge in [0.2, 0.25) is 0 Å². The maximum atomic E-state index is 12.5. The Morgan fingerprint density at radius 3 is 2.58 bits per heavy atom. The summed E-state index contributed by atoms with van der Waals surface area (Å²) < 4.78 is 6.50. The van der Waals surface area contributed by atoms with E-state index in [-0.39, 0.29) is 0 Å². The summed E-state index contributed by atoms with van der Waals surface area (Å²) in [6.07, 6.45) is 2.03. The average molecular weight is 352 g/mol. The molecule has 26 heavy (non-hydrogen) atoms. The molecule has 0 radical (unpaired) electrons. The molecule has 0 saturated carbocycles. The molecule has 0 N–H and O–H groups in total. The third-order valence-corrected chi connectivity index (χ3v) is 3.93. The van der Waals surface area contributed by atoms with Crippen molar-refractivity contribution in [3.8, 4) is 5.75 Å². The minimum absolute atomic E-state index is 0.307. The Kier molecular flexibility index (Phi) is 5.31. The van der Waals surface area contributed by atoms with E-state index in [4.69, 9.17) is 9.57 Å². The summed E-state index contributed by atoms with van der Waals surface area (Å²) in [4.78, 5) is 34.5. The van der Waals surface area contributed by atoms with Crippen molar-refractivity contribution in [2.75, 3.05) is 6.61 Å². The van der Waals surface area contributed by atoms with Gasteiger partial charge in [-0.3, -0.25) is 4.79 Å². The van der Waals surface area contributed by atoms with Gasteiger partial charge in [-0.05, 0) is 49.7 Å². The average Bonchev–Trinajstić information content (AvgIpc) is 2.66. The number of aromatic nitrogens is 2. The number of hydrogen-bond donors (Lipinski definition) is 0. The number of nitrogens with zero attached hydrogens (tertiary/aromatic N) is 2. The fourth-order valence-corrected chi connectivity index (χ4v) is 2.49. The lowest BCUT2D eigenvalue weighted by atomic mass is 10.2. The summed E-state index contributed by atoms with van der Waals surface area (Å²) in [6.45, 7) is 4.34. The molecule has 0 aliphatic heterocycles. The molecule has 0 atom stereocenters. The van der Waals surface area contributed by atoms with Crippen LogP contribution >= 0.6 is 0 Å². The summed E-state index contributed by atoms with van der Waals surface area (Å²) in [5.41, 5.74) is 0.476. The lowest BCUT2D eigenvalue weighted by molar-refractivity contribution is 0.0428. The molecule has 2 aromatic carbocycles. The molecule has 1 heterocycles. The van der Waals surface area contributed by atoms with E-state index in [1.165, 1.54) is 0 Å². The number of carbonyl (C=O) groups excluding carboxylic acids is 1. The molecule has 6 heteroatoms. The van der Waals surface area contributed by atoms with Crippen molar-refractivity contribution in [1.82, 2.24) is 9.71 Å². The molecular weight excluding hydrogens is 332 g/mol. The van der Waals surface area contributed by atoms with Crippen molar-refractivity contribution < 1.29 is 14.4 Å². The highest BCUT2D eigenvalue weighted by atomic mass is 16.7. The highest BCUT2D eigenvalue weighted by Crippen LogP contribution is 2.13. The maximum Gasteiger partial charge on any atom is 0.363 e. The molecule has 3 rings (SSSR count). The second-order valence-electron chi connectivity index (χ2n) is 5.88. The number of unbranched alkanes of at least 4 members (excludes halogenated alkanes) is 1. The van der Waals surface area contributed by atoms with E-state index < -0.39 is 11.5 Å². The number of benzene rings is 2. The van der Waals surface area contributed by atoms with E-state index in [1.807, 2.05) is 0 Å². The van der Waals surface area contributed by atoms with Gasteiger partial charge in [-0.1, -0.05) is 25.5 Å². The van der Waals surface area contributed by atoms with E-state index in [9.17, 15) is 9.59 Å². The van der Waals surface area contributed by atoms with E-state index in [0.29, 0.717) is 34.6 Å². The third-order valence-electron chi connectivity index (χ3n) is 3.93. The molecule has 0 aliphatic carbocycles. The first-order valence-electron chi connectivity index (χ1n) is 8.54. The van der Waals surface area contributed by atoms with Crippen molar-refractivity contribution in [2.24, 2.45) is 0 Å². The summed E-state index contributed by atoms with van der Waals surface area (Å²) in [7, 11) is 0. The largest absolute Gasteiger partial charge is 0.494 e. The second-order valence-corrected chi connectivity index (χ2v) is 5.88. The number of hydrogen-bond acceptors (Lipinski definition) is 5. The van der Waals surface area contributed by atoms with Crippen LogP contribution < -0.4 is 15.1 Å². The van der Waals surface area contributed by atoms with Crippen LogP contribution in [0.5, 0.6) is 5.75 Å². The van der Waals surface area contributed by atoms with E-state index in [0.717, 1.165) is 17.6 Å². The lowest BCUT2D eigenvalue weighted by Crippen LogP contribution is -2.33. The van der Waals surface area contributed by atoms with Gasteiger partial charge in [0, 0.05) is 0 Å². The minimum atomic E-state index is -0.632. The van der Waals surface area contributed by atoms with Gasteiger partial charge in [0.15, 0.2) is 0 Å². The van der Waals surface area contributed by atoms with Crippen molar-refractivity contribution in [1.29, 1.82) is 0 Å². The first-order valence-corrected chi connectivity index (χ1v) is 8.54. The topological polar surface area (TPSA) is 70.4 Å². The number of rotatable bonds is 6. The molecule has 6 nitrogen and oxygen atoms in total. The van der Waals surface area contributed by atoms with Crippen molar-refractivity contribution >= 4 is 16.9 Å². The fraction of sp³-hybridized carbons (Fsp3) is 0.250. The first-order chi connectivity index (χ1) is 12.6. The number of para-hydroxylation sites is 1. The summed E-state index contributed by atoms with van der Waals surface area (Å²) >= 11 is 0. The standard InChI is InChI=1S/C20H20N2O4/c1-3-4-13-25-16-11-9-15(10-12-16)20(24)26-22-14(2)21-18-8-6-5-7-17(18)19(22)23/h5-12H,3-4,13H2,1-2H3. The van der Waals surface area contributed by atoms with Gasteiger partial charge in [0.05, 0.1) is 23.1 Å². The van der Waals surface area contributed by atoms with Crippen LogP contribution in [0.4, 0.5) is 0 Å². The number of fused-ring (bicyclic) bond motifs is 1. The van der Waals surface area contributed by atoms with Crippen molar-refractivity contribution in [3.05, 3.63) is 70.3 Å². The van der Waals surface area contributed by atoms with E-state index >= 15 is 0 Å². The molecule has 0 amide bonds. The van der Waals surface area contributed by atoms with Crippen LogP contribution in [0, 0.1) is 6.92 Å². The number of ether oxygens (including phenoxy) is 1. The Labute approximate surface area is 151 Å². The Balaban J connectivity index is 1.80. The third kappa shape index (κ3) is 3.74. The number of aryl methyl sites for hydroxylation is 1. The molecule has 0 saturated heterocycles. The first kappa shape index (κ1) is 17.7. The zero-order valence-electron chi connectivity index (χ0n) is 14.8. The SMILES string of the molecule is CCCCOc1ccc(C(=O)On2c(C)nc3ccccc3c2=O)cc1. The number of carbonyl (C=O) groups is 1. The van der Waals surface area contributed by atoms with Gasteiger partial charge in [-0.25, -0.2) is 9.78 Å². The minimum Gasteiger partial charge on any atom is -0.494 e. The normalized spacial score (nSPS) is 10.7. The Morgan fingerprint density at radius 2 is 1.85 bits per heavy atom. The van der Waals surface area contributed by atoms with Crippen LogP contribution in [0.25, 0.3) is 10.9 Å². The molecular formula is C20H20N2O4. The molecule has 0 aliphatic rings. The van der Waals surface area contributed by atoms with Crippen LogP contribution in [-0.4, -0.2) is 22.3 Å². The molecule has 0 bridgehead atoms. The second kappa shape index (κ2) is 7.82. The lowest BCUT2D eigenvalue weighted by Gasteiger charge is -2.10. The zero-order valence-corrected chi connectivity index (χ0v) is 14.8. The summed E-state index contributed by atoms with van der Waals surface area (Å²) in [5, 5.41) is 0.394. The maximum absolute atomic E-state index is 12.5. The molecule has 0 fully saturated rings. The molecule has 0 spiro atoms. The van der Waals surface area contributed by atoms with Crippen LogP contribution in [-0.2, 0) is 0 Å². The van der Waals surface area contributed by atoms with Gasteiger partial charge >= 0.3 is 5.97 Å². The molecule has 0 unspecified atom stereocenters. The zero-order chi connectivity index (χ0) is 18.5. The highest BCUT2D eigenvalue weighted by molar-refractivity contribution is 5.89. The van der Waals surface area contributed by atoms with Crippen molar-refractivity contribution in [3.63, 3.8) is 0 Å². The van der Waals surface area contributed by atoms with Crippen molar-refractivity contribution in [2.45, 2.75) is 26.7 Å².